The monoisotopic (exact) mass is 261 g/mol. The molecule has 6 heteroatoms. The molecule has 1 fully saturated rings. The average Bonchev–Trinajstić information content (AvgIpc) is 2.81. The Balaban J connectivity index is 1.70. The van der Waals surface area contributed by atoms with Crippen molar-refractivity contribution in [2.24, 2.45) is 5.92 Å². The van der Waals surface area contributed by atoms with Gasteiger partial charge in [0, 0.05) is 12.1 Å². The van der Waals surface area contributed by atoms with Crippen LogP contribution >= 0.6 is 0 Å². The van der Waals surface area contributed by atoms with E-state index in [1.165, 1.54) is 42.8 Å². The Hall–Kier alpha value is -1.85. The molecule has 1 aliphatic carbocycles. The number of hydrogen-bond acceptors (Lipinski definition) is 4. The Labute approximate surface area is 111 Å². The van der Waals surface area contributed by atoms with Crippen molar-refractivity contribution >= 4 is 11.5 Å². The van der Waals surface area contributed by atoms with Crippen molar-refractivity contribution in [2.45, 2.75) is 45.1 Å². The zero-order valence-corrected chi connectivity index (χ0v) is 11.1. The molecule has 6 nitrogen and oxygen atoms in total. The van der Waals surface area contributed by atoms with Crippen LogP contribution in [-0.4, -0.2) is 25.6 Å². The third-order valence-electron chi connectivity index (χ3n) is 4.09. The molecular weight excluding hydrogens is 242 g/mol. The summed E-state index contributed by atoms with van der Waals surface area (Å²) < 4.78 is 1.40. The van der Waals surface area contributed by atoms with Gasteiger partial charge in [0.25, 0.3) is 0 Å². The lowest BCUT2D eigenvalue weighted by molar-refractivity contribution is 0.330. The first-order valence-corrected chi connectivity index (χ1v) is 6.95. The number of hydrogen-bond donors (Lipinski definition) is 2. The molecule has 102 valence electrons. The van der Waals surface area contributed by atoms with E-state index < -0.39 is 0 Å². The molecule has 0 unspecified atom stereocenters. The smallest absolute Gasteiger partial charge is 0.348 e. The summed E-state index contributed by atoms with van der Waals surface area (Å²) in [5, 5.41) is 9.80. The van der Waals surface area contributed by atoms with Crippen LogP contribution in [0.3, 0.4) is 0 Å². The zero-order chi connectivity index (χ0) is 13.2. The molecule has 2 aromatic rings. The third-order valence-corrected chi connectivity index (χ3v) is 4.09. The maximum absolute atomic E-state index is 11.3. The predicted molar refractivity (Wildman–Crippen MR) is 73.3 cm³/mol. The van der Waals surface area contributed by atoms with Crippen molar-refractivity contribution in [1.82, 2.24) is 19.6 Å². The molecule has 2 heterocycles. The van der Waals surface area contributed by atoms with E-state index in [2.05, 4.69) is 27.4 Å². The van der Waals surface area contributed by atoms with Gasteiger partial charge in [0.2, 0.25) is 0 Å². The molecule has 2 N–H and O–H groups in total. The molecule has 1 aliphatic rings. The Morgan fingerprint density at radius 1 is 1.42 bits per heavy atom. The minimum Gasteiger partial charge on any atom is -0.367 e. The fourth-order valence-electron chi connectivity index (χ4n) is 2.81. The largest absolute Gasteiger partial charge is 0.367 e. The summed E-state index contributed by atoms with van der Waals surface area (Å²) in [5.41, 5.74) is 0.349. The second-order valence-corrected chi connectivity index (χ2v) is 5.30. The molecule has 19 heavy (non-hydrogen) atoms. The topological polar surface area (TPSA) is 75.1 Å². The predicted octanol–water partition coefficient (Wildman–Crippen LogP) is 1.80. The van der Waals surface area contributed by atoms with Gasteiger partial charge in [0.15, 0.2) is 5.65 Å². The molecule has 0 amide bonds. The van der Waals surface area contributed by atoms with Gasteiger partial charge in [0.05, 0.1) is 0 Å². The van der Waals surface area contributed by atoms with E-state index in [0.717, 1.165) is 11.7 Å². The van der Waals surface area contributed by atoms with Gasteiger partial charge in [-0.25, -0.2) is 19.3 Å². The standard InChI is InChI=1S/C13H19N5O/c1-2-9-3-5-10(6-4-9)15-11-7-12-16-17-13(19)18(12)8-14-11/h7-10,15H,2-6H2,1H3,(H,17,19). The third kappa shape index (κ3) is 2.47. The van der Waals surface area contributed by atoms with Crippen LogP contribution in [0.1, 0.15) is 39.0 Å². The minimum absolute atomic E-state index is 0.252. The first kappa shape index (κ1) is 12.2. The summed E-state index contributed by atoms with van der Waals surface area (Å²) >= 11 is 0. The molecule has 0 aromatic carbocycles. The highest BCUT2D eigenvalue weighted by molar-refractivity contribution is 5.48. The van der Waals surface area contributed by atoms with E-state index in [0.29, 0.717) is 11.7 Å². The van der Waals surface area contributed by atoms with E-state index >= 15 is 0 Å². The van der Waals surface area contributed by atoms with Crippen molar-refractivity contribution < 1.29 is 0 Å². The Kier molecular flexibility index (Phi) is 3.23. The van der Waals surface area contributed by atoms with E-state index in [-0.39, 0.29) is 5.69 Å². The van der Waals surface area contributed by atoms with Gasteiger partial charge in [-0.05, 0) is 31.6 Å². The summed E-state index contributed by atoms with van der Waals surface area (Å²) in [6.07, 6.45) is 7.77. The van der Waals surface area contributed by atoms with E-state index in [4.69, 9.17) is 0 Å². The van der Waals surface area contributed by atoms with Crippen molar-refractivity contribution in [3.05, 3.63) is 22.9 Å². The molecule has 3 rings (SSSR count). The van der Waals surface area contributed by atoms with E-state index in [1.54, 1.807) is 0 Å². The Bertz CT molecular complexity index is 609. The summed E-state index contributed by atoms with van der Waals surface area (Å²) in [6, 6.07) is 2.30. The highest BCUT2D eigenvalue weighted by atomic mass is 16.1. The first-order chi connectivity index (χ1) is 9.26. The van der Waals surface area contributed by atoms with Crippen LogP contribution in [0.25, 0.3) is 5.65 Å². The first-order valence-electron chi connectivity index (χ1n) is 6.95. The molecule has 0 spiro atoms. The number of H-pyrrole nitrogens is 1. The minimum atomic E-state index is -0.252. The molecule has 0 saturated heterocycles. The number of nitrogens with one attached hydrogen (secondary N) is 2. The van der Waals surface area contributed by atoms with Gasteiger partial charge in [0.1, 0.15) is 12.1 Å². The second-order valence-electron chi connectivity index (χ2n) is 5.30. The molecule has 2 aromatic heterocycles. The molecular formula is C13H19N5O. The quantitative estimate of drug-likeness (QED) is 0.883. The molecule has 0 bridgehead atoms. The Morgan fingerprint density at radius 2 is 2.21 bits per heavy atom. The molecule has 0 atom stereocenters. The zero-order valence-electron chi connectivity index (χ0n) is 11.1. The van der Waals surface area contributed by atoms with Gasteiger partial charge in [-0.2, -0.15) is 5.10 Å². The van der Waals surface area contributed by atoms with Crippen LogP contribution in [0.4, 0.5) is 5.82 Å². The summed E-state index contributed by atoms with van der Waals surface area (Å²) in [7, 11) is 0. The van der Waals surface area contributed by atoms with E-state index in [1.807, 2.05) is 6.07 Å². The fraction of sp³-hybridized carbons (Fsp3) is 0.615. The number of aromatic amines is 1. The SMILES string of the molecule is CCC1CCC(Nc2cc3n[nH]c(=O)n3cn2)CC1. The summed E-state index contributed by atoms with van der Waals surface area (Å²) in [6.45, 7) is 2.27. The van der Waals surface area contributed by atoms with Crippen molar-refractivity contribution in [2.75, 3.05) is 5.32 Å². The van der Waals surface area contributed by atoms with Crippen LogP contribution in [-0.2, 0) is 0 Å². The van der Waals surface area contributed by atoms with Gasteiger partial charge < -0.3 is 5.32 Å². The number of aromatic nitrogens is 4. The summed E-state index contributed by atoms with van der Waals surface area (Å²) in [4.78, 5) is 15.6. The lowest BCUT2D eigenvalue weighted by Crippen LogP contribution is -2.26. The normalized spacial score (nSPS) is 23.6. The van der Waals surface area contributed by atoms with Crippen LogP contribution in [0, 0.1) is 5.92 Å². The maximum Gasteiger partial charge on any atom is 0.348 e. The van der Waals surface area contributed by atoms with Gasteiger partial charge >= 0.3 is 5.69 Å². The lowest BCUT2D eigenvalue weighted by atomic mass is 9.84. The molecule has 1 saturated carbocycles. The van der Waals surface area contributed by atoms with E-state index in [9.17, 15) is 4.79 Å². The number of rotatable bonds is 3. The lowest BCUT2D eigenvalue weighted by Gasteiger charge is -2.28. The van der Waals surface area contributed by atoms with Crippen LogP contribution < -0.4 is 11.0 Å². The fourth-order valence-corrected chi connectivity index (χ4v) is 2.81. The van der Waals surface area contributed by atoms with Gasteiger partial charge in [-0.15, -0.1) is 0 Å². The molecule has 0 aliphatic heterocycles. The molecule has 0 radical (unpaired) electrons. The average molecular weight is 261 g/mol. The van der Waals surface area contributed by atoms with Crippen LogP contribution in [0.2, 0.25) is 0 Å². The number of fused-ring (bicyclic) bond motifs is 1. The summed E-state index contributed by atoms with van der Waals surface area (Å²) in [5.74, 6) is 1.69. The highest BCUT2D eigenvalue weighted by Crippen LogP contribution is 2.28. The van der Waals surface area contributed by atoms with Crippen molar-refractivity contribution in [1.29, 1.82) is 0 Å². The number of nitrogens with zero attached hydrogens (tertiary/aromatic N) is 3. The maximum atomic E-state index is 11.3. The van der Waals surface area contributed by atoms with Crippen LogP contribution in [0.15, 0.2) is 17.2 Å². The Morgan fingerprint density at radius 3 is 2.95 bits per heavy atom. The van der Waals surface area contributed by atoms with Gasteiger partial charge in [-0.1, -0.05) is 13.3 Å². The van der Waals surface area contributed by atoms with Gasteiger partial charge in [-0.3, -0.25) is 0 Å². The van der Waals surface area contributed by atoms with Crippen molar-refractivity contribution in [3.63, 3.8) is 0 Å². The van der Waals surface area contributed by atoms with Crippen molar-refractivity contribution in [3.8, 4) is 0 Å². The second kappa shape index (κ2) is 5.03. The number of anilines is 1. The van der Waals surface area contributed by atoms with Crippen LogP contribution in [0.5, 0.6) is 0 Å². The highest BCUT2D eigenvalue weighted by Gasteiger charge is 2.20.